The summed E-state index contributed by atoms with van der Waals surface area (Å²) in [6.45, 7) is 7.07. The van der Waals surface area contributed by atoms with Crippen LogP contribution in [0.2, 0.25) is 0 Å². The molecular formula is C15H15N3. The number of pyridine rings is 1. The summed E-state index contributed by atoms with van der Waals surface area (Å²) < 4.78 is 0. The normalized spacial score (nSPS) is 33.7. The Balaban J connectivity index is 2.02. The first-order valence-electron chi connectivity index (χ1n) is 6.50. The van der Waals surface area contributed by atoms with Crippen molar-refractivity contribution in [1.82, 2.24) is 4.98 Å². The lowest BCUT2D eigenvalue weighted by molar-refractivity contribution is 0.264. The van der Waals surface area contributed by atoms with Crippen molar-refractivity contribution in [2.75, 3.05) is 0 Å². The highest BCUT2D eigenvalue weighted by Gasteiger charge is 2.45. The van der Waals surface area contributed by atoms with Crippen LogP contribution in [-0.2, 0) is 5.41 Å². The van der Waals surface area contributed by atoms with Crippen molar-refractivity contribution in [3.05, 3.63) is 35.4 Å². The fraction of sp³-hybridized carbons (Fsp3) is 0.533. The molecule has 1 aromatic heterocycles. The van der Waals surface area contributed by atoms with Crippen LogP contribution in [0.3, 0.4) is 0 Å². The summed E-state index contributed by atoms with van der Waals surface area (Å²) in [6, 6.07) is 4.40. The van der Waals surface area contributed by atoms with Gasteiger partial charge in [0.05, 0.1) is 18.1 Å². The Morgan fingerprint density at radius 3 is 2.67 bits per heavy atom. The molecule has 2 bridgehead atoms. The minimum absolute atomic E-state index is 0.391. The van der Waals surface area contributed by atoms with Crippen LogP contribution < -0.4 is 0 Å². The Morgan fingerprint density at radius 2 is 2.06 bits per heavy atom. The van der Waals surface area contributed by atoms with Gasteiger partial charge in [0.2, 0.25) is 5.69 Å². The van der Waals surface area contributed by atoms with Crippen molar-refractivity contribution >= 4 is 5.69 Å². The topological polar surface area (TPSA) is 41.0 Å². The molecular weight excluding hydrogens is 222 g/mol. The summed E-state index contributed by atoms with van der Waals surface area (Å²) in [4.78, 5) is 7.55. The van der Waals surface area contributed by atoms with Gasteiger partial charge < -0.3 is 0 Å². The number of aromatic nitrogens is 1. The molecule has 2 fully saturated rings. The quantitative estimate of drug-likeness (QED) is 0.700. The summed E-state index contributed by atoms with van der Waals surface area (Å²) in [5.74, 6) is 1.39. The van der Waals surface area contributed by atoms with Crippen LogP contribution in [0.15, 0.2) is 18.5 Å². The average Bonchev–Trinajstić information content (AvgIpc) is 2.78. The maximum atomic E-state index is 9.67. The number of nitriles is 1. The zero-order valence-corrected chi connectivity index (χ0v) is 10.3. The fourth-order valence-electron chi connectivity index (χ4n) is 3.76. The summed E-state index contributed by atoms with van der Waals surface area (Å²) in [6.07, 6.45) is 9.07. The van der Waals surface area contributed by atoms with Gasteiger partial charge in [0, 0.05) is 12.4 Å². The lowest BCUT2D eigenvalue weighted by atomic mass is 9.66. The fourth-order valence-corrected chi connectivity index (χ4v) is 3.76. The van der Waals surface area contributed by atoms with Gasteiger partial charge in [-0.3, -0.25) is 4.98 Å². The molecule has 0 aromatic carbocycles. The predicted molar refractivity (Wildman–Crippen MR) is 67.9 cm³/mol. The summed E-state index contributed by atoms with van der Waals surface area (Å²) in [5.41, 5.74) is 1.10. The van der Waals surface area contributed by atoms with E-state index in [0.29, 0.717) is 17.5 Å². The third-order valence-electron chi connectivity index (χ3n) is 4.54. The van der Waals surface area contributed by atoms with Gasteiger partial charge >= 0.3 is 0 Å². The molecule has 2 aliphatic carbocycles. The van der Waals surface area contributed by atoms with Crippen molar-refractivity contribution in [3.8, 4) is 6.07 Å². The molecule has 3 heteroatoms. The molecule has 0 N–H and O–H groups in total. The Labute approximate surface area is 107 Å². The lowest BCUT2D eigenvalue weighted by Crippen LogP contribution is -2.32. The van der Waals surface area contributed by atoms with E-state index in [9.17, 15) is 5.26 Å². The molecule has 1 heterocycles. The van der Waals surface area contributed by atoms with E-state index in [1.54, 1.807) is 12.4 Å². The van der Waals surface area contributed by atoms with E-state index in [1.165, 1.54) is 19.3 Å². The van der Waals surface area contributed by atoms with E-state index in [2.05, 4.69) is 15.9 Å². The highest BCUT2D eigenvalue weighted by molar-refractivity contribution is 5.47. The second kappa shape index (κ2) is 4.10. The molecule has 0 spiro atoms. The van der Waals surface area contributed by atoms with E-state index in [1.807, 2.05) is 6.07 Å². The SMILES string of the molecule is [C-]#[N+]c1cncc(C2(C#N)C[C@@H]3CC[C@@H](C3)C2)c1. The number of fused-ring (bicyclic) bond motifs is 2. The Bertz CT molecular complexity index is 538. The monoisotopic (exact) mass is 237 g/mol. The second-order valence-electron chi connectivity index (χ2n) is 5.69. The molecule has 3 atom stereocenters. The van der Waals surface area contributed by atoms with Crippen LogP contribution in [-0.4, -0.2) is 4.98 Å². The van der Waals surface area contributed by atoms with Crippen LogP contribution in [0.4, 0.5) is 5.69 Å². The van der Waals surface area contributed by atoms with Gasteiger partial charge in [0.25, 0.3) is 0 Å². The second-order valence-corrected chi connectivity index (χ2v) is 5.69. The Hall–Kier alpha value is -1.87. The third kappa shape index (κ3) is 1.68. The van der Waals surface area contributed by atoms with Crippen molar-refractivity contribution in [2.24, 2.45) is 11.8 Å². The number of nitrogens with zero attached hydrogens (tertiary/aromatic N) is 3. The highest BCUT2D eigenvalue weighted by Crippen LogP contribution is 2.51. The highest BCUT2D eigenvalue weighted by atomic mass is 14.7. The lowest BCUT2D eigenvalue weighted by Gasteiger charge is -2.35. The van der Waals surface area contributed by atoms with Crippen LogP contribution in [0.5, 0.6) is 0 Å². The largest absolute Gasteiger partial charge is 0.276 e. The molecule has 0 aliphatic heterocycles. The van der Waals surface area contributed by atoms with E-state index < -0.39 is 5.41 Å². The van der Waals surface area contributed by atoms with Crippen molar-refractivity contribution in [3.63, 3.8) is 0 Å². The molecule has 1 unspecified atom stereocenters. The van der Waals surface area contributed by atoms with Gasteiger partial charge in [0.1, 0.15) is 0 Å². The van der Waals surface area contributed by atoms with E-state index in [0.717, 1.165) is 18.4 Å². The molecule has 3 rings (SSSR count). The average molecular weight is 237 g/mol. The maximum Gasteiger partial charge on any atom is 0.205 e. The summed E-state index contributed by atoms with van der Waals surface area (Å²) in [5, 5.41) is 9.67. The first kappa shape index (κ1) is 11.2. The Morgan fingerprint density at radius 1 is 1.33 bits per heavy atom. The molecule has 0 saturated heterocycles. The van der Waals surface area contributed by atoms with Crippen molar-refractivity contribution in [2.45, 2.75) is 37.5 Å². The third-order valence-corrected chi connectivity index (χ3v) is 4.54. The molecule has 18 heavy (non-hydrogen) atoms. The van der Waals surface area contributed by atoms with Crippen molar-refractivity contribution in [1.29, 1.82) is 5.26 Å². The molecule has 2 saturated carbocycles. The van der Waals surface area contributed by atoms with Crippen LogP contribution >= 0.6 is 0 Å². The first-order chi connectivity index (χ1) is 8.75. The number of hydrogen-bond donors (Lipinski definition) is 0. The zero-order chi connectivity index (χ0) is 12.6. The maximum absolute atomic E-state index is 9.67. The van der Waals surface area contributed by atoms with E-state index in [-0.39, 0.29) is 0 Å². The van der Waals surface area contributed by atoms with Crippen LogP contribution in [0.25, 0.3) is 4.85 Å². The zero-order valence-electron chi connectivity index (χ0n) is 10.3. The molecule has 0 amide bonds. The van der Waals surface area contributed by atoms with E-state index >= 15 is 0 Å². The minimum atomic E-state index is -0.391. The summed E-state index contributed by atoms with van der Waals surface area (Å²) >= 11 is 0. The minimum Gasteiger partial charge on any atom is -0.276 e. The van der Waals surface area contributed by atoms with Gasteiger partial charge in [0.15, 0.2) is 0 Å². The molecule has 3 nitrogen and oxygen atoms in total. The predicted octanol–water partition coefficient (Wildman–Crippen LogP) is 3.60. The smallest absolute Gasteiger partial charge is 0.205 e. The number of rotatable bonds is 1. The number of hydrogen-bond acceptors (Lipinski definition) is 2. The molecule has 0 radical (unpaired) electrons. The van der Waals surface area contributed by atoms with Gasteiger partial charge in [-0.15, -0.1) is 0 Å². The van der Waals surface area contributed by atoms with Gasteiger partial charge in [-0.05, 0) is 42.7 Å². The van der Waals surface area contributed by atoms with Crippen LogP contribution in [0.1, 0.15) is 37.7 Å². The van der Waals surface area contributed by atoms with Crippen molar-refractivity contribution < 1.29 is 0 Å². The summed E-state index contributed by atoms with van der Waals surface area (Å²) in [7, 11) is 0. The molecule has 2 aliphatic rings. The van der Waals surface area contributed by atoms with E-state index in [4.69, 9.17) is 6.57 Å². The van der Waals surface area contributed by atoms with Crippen LogP contribution in [0, 0.1) is 29.7 Å². The first-order valence-corrected chi connectivity index (χ1v) is 6.50. The molecule has 90 valence electrons. The molecule has 1 aromatic rings. The van der Waals surface area contributed by atoms with Gasteiger partial charge in [-0.1, -0.05) is 12.8 Å². The van der Waals surface area contributed by atoms with Gasteiger partial charge in [-0.2, -0.15) is 5.26 Å². The standard InChI is InChI=1S/C15H15N3/c1-17-14-5-13(8-18-9-14)15(10-16)6-11-2-3-12(4-11)7-15/h5,8-9,11-12H,2-4,6-7H2/t11-,12+,15?. The Kier molecular flexibility index (Phi) is 2.56. The van der Waals surface area contributed by atoms with Gasteiger partial charge in [-0.25, -0.2) is 4.85 Å².